The van der Waals surface area contributed by atoms with Crippen LogP contribution >= 0.6 is 0 Å². The smallest absolute Gasteiger partial charge is 0.269 e. The van der Waals surface area contributed by atoms with Crippen LogP contribution in [0, 0.1) is 10.1 Å². The minimum atomic E-state index is -4.10. The predicted octanol–water partition coefficient (Wildman–Crippen LogP) is 2.78. The van der Waals surface area contributed by atoms with Gasteiger partial charge < -0.3 is 5.73 Å². The van der Waals surface area contributed by atoms with Gasteiger partial charge in [-0.3, -0.25) is 14.9 Å². The van der Waals surface area contributed by atoms with Crippen molar-refractivity contribution < 1.29 is 18.1 Å². The van der Waals surface area contributed by atoms with Crippen LogP contribution in [0.4, 0.5) is 5.69 Å². The quantitative estimate of drug-likeness (QED) is 0.507. The summed E-state index contributed by atoms with van der Waals surface area (Å²) in [6.45, 7) is 3.24. The lowest BCUT2D eigenvalue weighted by atomic mass is 10.0. The highest BCUT2D eigenvalue weighted by Gasteiger charge is 2.31. The van der Waals surface area contributed by atoms with E-state index in [1.807, 2.05) is 24.3 Å². The Morgan fingerprint density at radius 2 is 1.71 bits per heavy atom. The number of nitro benzene ring substituents is 1. The molecular formula is C19H23N3O5S. The highest BCUT2D eigenvalue weighted by atomic mass is 32.2. The summed E-state index contributed by atoms with van der Waals surface area (Å²) in [5.41, 5.74) is 6.91. The molecule has 2 aromatic rings. The van der Waals surface area contributed by atoms with Crippen LogP contribution in [-0.4, -0.2) is 30.1 Å². The van der Waals surface area contributed by atoms with Gasteiger partial charge >= 0.3 is 0 Å². The molecule has 0 unspecified atom stereocenters. The number of non-ortho nitro benzene ring substituents is 1. The Morgan fingerprint density at radius 3 is 2.18 bits per heavy atom. The zero-order chi connectivity index (χ0) is 20.9. The second-order valence-corrected chi connectivity index (χ2v) is 8.33. The first kappa shape index (κ1) is 21.5. The molecular weight excluding hydrogens is 382 g/mol. The van der Waals surface area contributed by atoms with Crippen LogP contribution in [0.1, 0.15) is 37.4 Å². The molecule has 28 heavy (non-hydrogen) atoms. The van der Waals surface area contributed by atoms with Crippen molar-refractivity contribution in [2.24, 2.45) is 5.73 Å². The molecule has 2 rings (SSSR count). The van der Waals surface area contributed by atoms with Crippen LogP contribution in [0.25, 0.3) is 0 Å². The van der Waals surface area contributed by atoms with E-state index in [-0.39, 0.29) is 10.6 Å². The van der Waals surface area contributed by atoms with E-state index >= 15 is 0 Å². The van der Waals surface area contributed by atoms with Gasteiger partial charge in [-0.2, -0.15) is 4.31 Å². The van der Waals surface area contributed by atoms with E-state index in [1.54, 1.807) is 6.92 Å². The van der Waals surface area contributed by atoms with E-state index in [0.29, 0.717) is 5.56 Å². The van der Waals surface area contributed by atoms with Crippen LogP contribution in [-0.2, 0) is 21.2 Å². The van der Waals surface area contributed by atoms with Crippen LogP contribution in [0.15, 0.2) is 53.4 Å². The summed E-state index contributed by atoms with van der Waals surface area (Å²) >= 11 is 0. The molecule has 0 heterocycles. The molecule has 0 aliphatic carbocycles. The molecule has 150 valence electrons. The molecule has 0 bridgehead atoms. The van der Waals surface area contributed by atoms with Crippen LogP contribution in [0.3, 0.4) is 0 Å². The van der Waals surface area contributed by atoms with Gasteiger partial charge in [0.25, 0.3) is 5.69 Å². The molecule has 0 aliphatic rings. The summed E-state index contributed by atoms with van der Waals surface area (Å²) in [7, 11) is -4.10. The van der Waals surface area contributed by atoms with Crippen molar-refractivity contribution >= 4 is 21.6 Å². The van der Waals surface area contributed by atoms with Crippen LogP contribution < -0.4 is 5.73 Å². The molecule has 0 saturated heterocycles. The summed E-state index contributed by atoms with van der Waals surface area (Å²) < 4.78 is 27.2. The third-order valence-electron chi connectivity index (χ3n) is 4.40. The van der Waals surface area contributed by atoms with Crippen molar-refractivity contribution in [2.75, 3.05) is 6.54 Å². The van der Waals surface area contributed by atoms with E-state index in [0.717, 1.165) is 47.0 Å². The molecule has 2 aromatic carbocycles. The Hall–Kier alpha value is -2.78. The van der Waals surface area contributed by atoms with Gasteiger partial charge in [0, 0.05) is 18.2 Å². The number of aryl methyl sites for hydroxylation is 1. The lowest BCUT2D eigenvalue weighted by Crippen LogP contribution is -2.40. The molecule has 9 heteroatoms. The predicted molar refractivity (Wildman–Crippen MR) is 105 cm³/mol. The van der Waals surface area contributed by atoms with Crippen LogP contribution in [0.2, 0.25) is 0 Å². The molecule has 8 nitrogen and oxygen atoms in total. The van der Waals surface area contributed by atoms with Crippen molar-refractivity contribution in [3.63, 3.8) is 0 Å². The topological polar surface area (TPSA) is 124 Å². The maximum absolute atomic E-state index is 13.1. The minimum absolute atomic E-state index is 0.145. The zero-order valence-electron chi connectivity index (χ0n) is 15.7. The van der Waals surface area contributed by atoms with Gasteiger partial charge in [0.2, 0.25) is 15.9 Å². The molecule has 0 saturated carbocycles. The first-order valence-electron chi connectivity index (χ1n) is 8.80. The number of sulfonamides is 1. The van der Waals surface area contributed by atoms with Crippen molar-refractivity contribution in [3.05, 3.63) is 69.8 Å². The number of benzene rings is 2. The van der Waals surface area contributed by atoms with Gasteiger partial charge in [-0.15, -0.1) is 0 Å². The number of nitrogens with two attached hydrogens (primary N) is 1. The fourth-order valence-corrected chi connectivity index (χ4v) is 4.46. The summed E-state index contributed by atoms with van der Waals surface area (Å²) in [5.74, 6) is -0.792. The fraction of sp³-hybridized carbons (Fsp3) is 0.316. The molecule has 0 spiro atoms. The average Bonchev–Trinajstić information content (AvgIpc) is 2.66. The van der Waals surface area contributed by atoms with Gasteiger partial charge in [0.15, 0.2) is 0 Å². The number of hydrogen-bond acceptors (Lipinski definition) is 5. The zero-order valence-corrected chi connectivity index (χ0v) is 16.6. The number of primary amides is 1. The largest absolute Gasteiger partial charge is 0.369 e. The van der Waals surface area contributed by atoms with Gasteiger partial charge in [-0.05, 0) is 36.6 Å². The van der Waals surface area contributed by atoms with Crippen molar-refractivity contribution in [2.45, 2.75) is 37.6 Å². The van der Waals surface area contributed by atoms with E-state index in [1.165, 1.54) is 0 Å². The first-order valence-corrected chi connectivity index (χ1v) is 10.2. The number of rotatable bonds is 9. The second-order valence-electron chi connectivity index (χ2n) is 6.44. The Kier molecular flexibility index (Phi) is 6.87. The summed E-state index contributed by atoms with van der Waals surface area (Å²) in [5, 5.41) is 10.8. The number of nitrogens with zero attached hydrogens (tertiary/aromatic N) is 2. The second kappa shape index (κ2) is 8.94. The molecule has 1 amide bonds. The Bertz CT molecular complexity index is 941. The molecule has 0 aromatic heterocycles. The average molecular weight is 405 g/mol. The number of hydrogen-bond donors (Lipinski definition) is 1. The van der Waals surface area contributed by atoms with Gasteiger partial charge in [0.1, 0.15) is 0 Å². The van der Waals surface area contributed by atoms with Crippen molar-refractivity contribution in [1.29, 1.82) is 0 Å². The van der Waals surface area contributed by atoms with E-state index < -0.39 is 33.4 Å². The maximum atomic E-state index is 13.1. The Labute approximate surface area is 164 Å². The maximum Gasteiger partial charge on any atom is 0.269 e. The van der Waals surface area contributed by atoms with E-state index in [9.17, 15) is 23.3 Å². The van der Waals surface area contributed by atoms with E-state index in [4.69, 9.17) is 5.73 Å². The SMILES string of the molecule is CCCc1ccc([C@@H](C)N(CC(N)=O)S(=O)(=O)c2ccc([N+](=O)[O-])cc2)cc1. The first-order chi connectivity index (χ1) is 13.2. The molecule has 2 N–H and O–H groups in total. The lowest BCUT2D eigenvalue weighted by molar-refractivity contribution is -0.384. The third kappa shape index (κ3) is 4.93. The highest BCUT2D eigenvalue weighted by Crippen LogP contribution is 2.28. The number of carbonyl (C=O) groups is 1. The number of nitro groups is 1. The summed E-state index contributed by atoms with van der Waals surface area (Å²) in [6.07, 6.45) is 1.91. The summed E-state index contributed by atoms with van der Waals surface area (Å²) in [4.78, 5) is 21.6. The number of amides is 1. The van der Waals surface area contributed by atoms with Crippen molar-refractivity contribution in [1.82, 2.24) is 4.31 Å². The van der Waals surface area contributed by atoms with Crippen LogP contribution in [0.5, 0.6) is 0 Å². The Morgan fingerprint density at radius 1 is 1.14 bits per heavy atom. The normalized spacial score (nSPS) is 12.7. The highest BCUT2D eigenvalue weighted by molar-refractivity contribution is 7.89. The van der Waals surface area contributed by atoms with Crippen molar-refractivity contribution in [3.8, 4) is 0 Å². The molecule has 0 radical (unpaired) electrons. The standard InChI is InChI=1S/C19H23N3O5S/c1-3-4-15-5-7-16(8-6-15)14(2)21(13-19(20)23)28(26,27)18-11-9-17(10-12-18)22(24)25/h5-12,14H,3-4,13H2,1-2H3,(H2,20,23)/t14-/m1/s1. The number of carbonyl (C=O) groups excluding carboxylic acids is 1. The summed E-state index contributed by atoms with van der Waals surface area (Å²) in [6, 6.07) is 11.4. The third-order valence-corrected chi connectivity index (χ3v) is 6.33. The monoisotopic (exact) mass is 405 g/mol. The van der Waals surface area contributed by atoms with Gasteiger partial charge in [-0.1, -0.05) is 37.6 Å². The molecule has 1 atom stereocenters. The Balaban J connectivity index is 2.40. The molecule has 0 fully saturated rings. The molecule has 0 aliphatic heterocycles. The fourth-order valence-electron chi connectivity index (χ4n) is 2.88. The van der Waals surface area contributed by atoms with E-state index in [2.05, 4.69) is 6.92 Å². The lowest BCUT2D eigenvalue weighted by Gasteiger charge is -2.27. The van der Waals surface area contributed by atoms with Gasteiger partial charge in [-0.25, -0.2) is 8.42 Å². The minimum Gasteiger partial charge on any atom is -0.369 e. The van der Waals surface area contributed by atoms with Gasteiger partial charge in [0.05, 0.1) is 16.4 Å².